The molecule has 0 aliphatic heterocycles. The summed E-state index contributed by atoms with van der Waals surface area (Å²) in [5, 5.41) is 13.2. The maximum Gasteiger partial charge on any atom is 0.341 e. The van der Waals surface area contributed by atoms with Gasteiger partial charge in [0.25, 0.3) is 0 Å². The van der Waals surface area contributed by atoms with Crippen LogP contribution in [0.2, 0.25) is 0 Å². The minimum Gasteiger partial charge on any atom is -0.469 e. The van der Waals surface area contributed by atoms with Gasteiger partial charge in [0.2, 0.25) is 5.91 Å². The van der Waals surface area contributed by atoms with Crippen molar-refractivity contribution in [3.63, 3.8) is 0 Å². The smallest absolute Gasteiger partial charge is 0.341 e. The Morgan fingerprint density at radius 3 is 2.61 bits per heavy atom. The molecular formula is C23H24N2O5S. The molecule has 1 aromatic heterocycles. The summed E-state index contributed by atoms with van der Waals surface area (Å²) >= 11 is 1.30. The normalized spacial score (nSPS) is 17.2. The van der Waals surface area contributed by atoms with Crippen molar-refractivity contribution in [1.29, 1.82) is 5.26 Å². The summed E-state index contributed by atoms with van der Waals surface area (Å²) in [6.07, 6.45) is 1.45. The first-order valence-electron chi connectivity index (χ1n) is 10.1. The minimum absolute atomic E-state index is 0.0479. The lowest BCUT2D eigenvalue weighted by Gasteiger charge is -2.31. The molecule has 1 aliphatic carbocycles. The van der Waals surface area contributed by atoms with Crippen molar-refractivity contribution in [2.45, 2.75) is 44.4 Å². The van der Waals surface area contributed by atoms with Gasteiger partial charge in [0.1, 0.15) is 5.00 Å². The van der Waals surface area contributed by atoms with E-state index in [1.54, 1.807) is 6.92 Å². The highest BCUT2D eigenvalue weighted by Crippen LogP contribution is 2.45. The van der Waals surface area contributed by atoms with E-state index in [4.69, 9.17) is 4.74 Å². The van der Waals surface area contributed by atoms with Gasteiger partial charge in [-0.25, -0.2) is 4.79 Å². The lowest BCUT2D eigenvalue weighted by Crippen LogP contribution is -2.31. The highest BCUT2D eigenvalue weighted by molar-refractivity contribution is 7.17. The third kappa shape index (κ3) is 4.78. The average Bonchev–Trinajstić information content (AvgIpc) is 3.14. The molecule has 162 valence electrons. The van der Waals surface area contributed by atoms with E-state index >= 15 is 0 Å². The summed E-state index contributed by atoms with van der Waals surface area (Å²) in [5.41, 5.74) is 1.44. The number of nitriles is 1. The molecule has 0 spiro atoms. The predicted molar refractivity (Wildman–Crippen MR) is 116 cm³/mol. The van der Waals surface area contributed by atoms with Crippen LogP contribution in [0.5, 0.6) is 0 Å². The highest BCUT2D eigenvalue weighted by Gasteiger charge is 2.40. The monoisotopic (exact) mass is 440 g/mol. The van der Waals surface area contributed by atoms with Crippen LogP contribution in [0.3, 0.4) is 0 Å². The molecule has 0 saturated heterocycles. The zero-order chi connectivity index (χ0) is 22.4. The number of hydrogen-bond acceptors (Lipinski definition) is 7. The van der Waals surface area contributed by atoms with Gasteiger partial charge in [0, 0.05) is 17.7 Å². The van der Waals surface area contributed by atoms with Crippen LogP contribution in [0.1, 0.15) is 52.5 Å². The molecule has 3 rings (SSSR count). The minimum atomic E-state index is -0.683. The molecule has 7 nitrogen and oxygen atoms in total. The van der Waals surface area contributed by atoms with Gasteiger partial charge in [-0.3, -0.25) is 9.59 Å². The molecule has 0 saturated carbocycles. The summed E-state index contributed by atoms with van der Waals surface area (Å²) in [5.74, 6) is -1.36. The molecule has 0 bridgehead atoms. The predicted octanol–water partition coefficient (Wildman–Crippen LogP) is 3.77. The topological polar surface area (TPSA) is 105 Å². The van der Waals surface area contributed by atoms with Gasteiger partial charge in [-0.15, -0.1) is 11.3 Å². The molecule has 1 unspecified atom stereocenters. The summed E-state index contributed by atoms with van der Waals surface area (Å²) in [7, 11) is 1.26. The first-order chi connectivity index (χ1) is 14.9. The van der Waals surface area contributed by atoms with Crippen LogP contribution in [0.4, 0.5) is 5.00 Å². The van der Waals surface area contributed by atoms with Crippen LogP contribution in [0.15, 0.2) is 30.3 Å². The quantitative estimate of drug-likeness (QED) is 0.657. The van der Waals surface area contributed by atoms with Gasteiger partial charge in [-0.1, -0.05) is 30.3 Å². The van der Waals surface area contributed by atoms with Crippen molar-refractivity contribution < 1.29 is 23.9 Å². The van der Waals surface area contributed by atoms with Crippen LogP contribution in [-0.4, -0.2) is 31.6 Å². The number of ether oxygens (including phenoxy) is 2. The van der Waals surface area contributed by atoms with Crippen molar-refractivity contribution >= 4 is 34.2 Å². The van der Waals surface area contributed by atoms with Crippen molar-refractivity contribution in [3.8, 4) is 6.07 Å². The molecule has 1 atom stereocenters. The van der Waals surface area contributed by atoms with E-state index in [0.717, 1.165) is 16.0 Å². The second-order valence-electron chi connectivity index (χ2n) is 7.29. The van der Waals surface area contributed by atoms with E-state index in [0.29, 0.717) is 29.8 Å². The number of amides is 1. The number of rotatable bonds is 7. The van der Waals surface area contributed by atoms with Gasteiger partial charge >= 0.3 is 11.9 Å². The van der Waals surface area contributed by atoms with Gasteiger partial charge in [0.05, 0.1) is 37.2 Å². The van der Waals surface area contributed by atoms with Crippen molar-refractivity contribution in [2.24, 2.45) is 0 Å². The lowest BCUT2D eigenvalue weighted by atomic mass is 9.70. The van der Waals surface area contributed by atoms with Gasteiger partial charge in [-0.2, -0.15) is 5.26 Å². The lowest BCUT2D eigenvalue weighted by molar-refractivity contribution is -0.141. The Kier molecular flexibility index (Phi) is 7.08. The second kappa shape index (κ2) is 9.75. The number of anilines is 1. The number of carbonyl (C=O) groups excluding carboxylic acids is 3. The number of nitrogens with one attached hydrogen (secondary N) is 1. The van der Waals surface area contributed by atoms with E-state index in [-0.39, 0.29) is 25.4 Å². The molecule has 1 aliphatic rings. The Bertz CT molecular complexity index is 1020. The van der Waals surface area contributed by atoms with Crippen LogP contribution in [-0.2, 0) is 37.3 Å². The Morgan fingerprint density at radius 2 is 1.97 bits per heavy atom. The van der Waals surface area contributed by atoms with E-state index in [1.165, 1.54) is 18.4 Å². The fourth-order valence-electron chi connectivity index (χ4n) is 3.80. The van der Waals surface area contributed by atoms with Crippen LogP contribution < -0.4 is 5.32 Å². The van der Waals surface area contributed by atoms with Gasteiger partial charge < -0.3 is 14.8 Å². The largest absolute Gasteiger partial charge is 0.469 e. The fraction of sp³-hybridized carbons (Fsp3) is 0.391. The first kappa shape index (κ1) is 22.5. The summed E-state index contributed by atoms with van der Waals surface area (Å²) in [6.45, 7) is 1.94. The Balaban J connectivity index is 1.93. The molecular weight excluding hydrogens is 416 g/mol. The summed E-state index contributed by atoms with van der Waals surface area (Å²) < 4.78 is 9.80. The maximum absolute atomic E-state index is 12.7. The summed E-state index contributed by atoms with van der Waals surface area (Å²) in [6, 6.07) is 12.1. The molecule has 31 heavy (non-hydrogen) atoms. The number of methoxy groups -OCH3 is 1. The van der Waals surface area contributed by atoms with E-state index in [2.05, 4.69) is 16.1 Å². The fourth-order valence-corrected chi connectivity index (χ4v) is 5.16. The Morgan fingerprint density at radius 1 is 1.23 bits per heavy atom. The average molecular weight is 441 g/mol. The van der Waals surface area contributed by atoms with Crippen LogP contribution >= 0.6 is 11.3 Å². The number of fused-ring (bicyclic) bond motifs is 1. The Labute approximate surface area is 185 Å². The standard InChI is InChI=1S/C23H24N2O5S/c1-3-30-22(28)20-16-11-12-23(14-24,15-7-5-4-6-8-15)13-17(16)31-21(20)25-18(26)9-10-19(27)29-2/h4-8H,3,9-13H2,1-2H3,(H,25,26). The SMILES string of the molecule is CCOC(=O)c1c(NC(=O)CCC(=O)OC)sc2c1CCC(C#N)(c1ccccc1)C2. The van der Waals surface area contributed by atoms with E-state index in [1.807, 2.05) is 30.3 Å². The van der Waals surface area contributed by atoms with E-state index < -0.39 is 17.4 Å². The zero-order valence-corrected chi connectivity index (χ0v) is 18.3. The number of esters is 2. The molecule has 1 aromatic carbocycles. The Hall–Kier alpha value is -3.18. The molecule has 1 heterocycles. The van der Waals surface area contributed by atoms with Crippen molar-refractivity contribution in [3.05, 3.63) is 51.9 Å². The zero-order valence-electron chi connectivity index (χ0n) is 17.5. The van der Waals surface area contributed by atoms with Gasteiger partial charge in [0.15, 0.2) is 0 Å². The first-order valence-corrected chi connectivity index (χ1v) is 10.9. The summed E-state index contributed by atoms with van der Waals surface area (Å²) in [4.78, 5) is 37.3. The molecule has 0 radical (unpaired) electrons. The maximum atomic E-state index is 12.7. The second-order valence-corrected chi connectivity index (χ2v) is 8.39. The molecule has 1 amide bonds. The van der Waals surface area contributed by atoms with Crippen molar-refractivity contribution in [2.75, 3.05) is 19.0 Å². The van der Waals surface area contributed by atoms with E-state index in [9.17, 15) is 19.6 Å². The molecule has 0 fully saturated rings. The molecule has 8 heteroatoms. The number of nitrogens with zero attached hydrogens (tertiary/aromatic N) is 1. The van der Waals surface area contributed by atoms with Crippen molar-refractivity contribution in [1.82, 2.24) is 0 Å². The molecule has 1 N–H and O–H groups in total. The molecule has 2 aromatic rings. The number of benzene rings is 1. The van der Waals surface area contributed by atoms with Crippen LogP contribution in [0.25, 0.3) is 0 Å². The number of carbonyl (C=O) groups is 3. The number of thiophene rings is 1. The highest BCUT2D eigenvalue weighted by atomic mass is 32.1. The number of hydrogen-bond donors (Lipinski definition) is 1. The van der Waals surface area contributed by atoms with Gasteiger partial charge in [-0.05, 0) is 30.9 Å². The van der Waals surface area contributed by atoms with Crippen LogP contribution in [0, 0.1) is 11.3 Å². The third-order valence-corrected chi connectivity index (χ3v) is 6.56. The third-order valence-electron chi connectivity index (χ3n) is 5.41.